The molecule has 0 aliphatic carbocycles. The second kappa shape index (κ2) is 13.0. The Balaban J connectivity index is 0.000000690. The Morgan fingerprint density at radius 3 is 1.76 bits per heavy atom. The van der Waals surface area contributed by atoms with Crippen molar-refractivity contribution in [2.45, 2.75) is 71.1 Å². The monoisotopic (exact) mass is 314 g/mol. The van der Waals surface area contributed by atoms with E-state index in [1.165, 1.54) is 57.8 Å². The molecule has 0 aromatic heterocycles. The molecule has 126 valence electrons. The molecule has 0 amide bonds. The van der Waals surface area contributed by atoms with E-state index < -0.39 is 7.25 Å². The maximum Gasteiger partial charge on any atom is 0.673 e. The Bertz CT molecular complexity index is 264. The van der Waals surface area contributed by atoms with Crippen LogP contribution >= 0.6 is 0 Å². The summed E-state index contributed by atoms with van der Waals surface area (Å²) in [5, 5.41) is 0. The van der Waals surface area contributed by atoms with Gasteiger partial charge in [-0.2, -0.15) is 0 Å². The Morgan fingerprint density at radius 1 is 0.857 bits per heavy atom. The minimum absolute atomic E-state index is 0.731. The van der Waals surface area contributed by atoms with Crippen molar-refractivity contribution in [3.05, 3.63) is 0 Å². The summed E-state index contributed by atoms with van der Waals surface area (Å²) < 4.78 is 50.2. The molecule has 1 rings (SSSR count). The van der Waals surface area contributed by atoms with Crippen molar-refractivity contribution in [3.63, 3.8) is 0 Å². The van der Waals surface area contributed by atoms with Gasteiger partial charge in [-0.3, -0.25) is 0 Å². The summed E-state index contributed by atoms with van der Waals surface area (Å²) in [4.78, 5) is 0. The van der Waals surface area contributed by atoms with E-state index in [1.807, 2.05) is 6.92 Å². The molecule has 0 saturated heterocycles. The molecule has 0 radical (unpaired) electrons. The van der Waals surface area contributed by atoms with Gasteiger partial charge >= 0.3 is 13.2 Å². The van der Waals surface area contributed by atoms with E-state index in [1.54, 1.807) is 0 Å². The van der Waals surface area contributed by atoms with Crippen molar-refractivity contribution in [1.82, 2.24) is 0 Å². The first-order chi connectivity index (χ1) is 9.93. The molecule has 0 atom stereocenters. The van der Waals surface area contributed by atoms with Gasteiger partial charge < -0.3 is 26.4 Å². The van der Waals surface area contributed by atoms with E-state index in [4.69, 9.17) is 9.16 Å². The smallest absolute Gasteiger partial charge is 0.418 e. The molecule has 1 aliphatic heterocycles. The average Bonchev–Trinajstić information content (AvgIpc) is 2.39. The van der Waals surface area contributed by atoms with Gasteiger partial charge in [0.25, 0.3) is 0 Å². The first-order valence-corrected chi connectivity index (χ1v) is 7.92. The van der Waals surface area contributed by atoms with Crippen LogP contribution in [-0.4, -0.2) is 26.4 Å². The Kier molecular flexibility index (Phi) is 12.5. The summed E-state index contributed by atoms with van der Waals surface area (Å²) in [6.45, 7) is 3.60. The highest BCUT2D eigenvalue weighted by molar-refractivity contribution is 6.50. The molecule has 0 spiro atoms. The summed E-state index contributed by atoms with van der Waals surface area (Å²) in [5.74, 6) is 0.877. The number of carbonyl (C=O) groups excluding carboxylic acids is 1. The quantitative estimate of drug-likeness (QED) is 0.278. The lowest BCUT2D eigenvalue weighted by molar-refractivity contribution is -0.469. The molecule has 0 fully saturated rings. The number of hydrogen-bond acceptors (Lipinski definition) is 1. The molecular formula is C14H27BF4O2. The zero-order valence-corrected chi connectivity index (χ0v) is 12.9. The average molecular weight is 314 g/mol. The van der Waals surface area contributed by atoms with Crippen LogP contribution in [0, 0.1) is 0 Å². The summed E-state index contributed by atoms with van der Waals surface area (Å²) in [6.07, 6.45) is 13.0. The summed E-state index contributed by atoms with van der Waals surface area (Å²) in [5.41, 5.74) is 0. The van der Waals surface area contributed by atoms with Crippen LogP contribution in [0.4, 0.5) is 17.3 Å². The maximum absolute atomic E-state index is 9.75. The number of ether oxygens (including phenoxy) is 1. The fraction of sp³-hybridized carbons (Fsp3) is 0.929. The summed E-state index contributed by atoms with van der Waals surface area (Å²) in [7, 11) is -6.00. The van der Waals surface area contributed by atoms with Crippen LogP contribution in [0.25, 0.3) is 0 Å². The van der Waals surface area contributed by atoms with Gasteiger partial charge in [0.05, 0.1) is 0 Å². The van der Waals surface area contributed by atoms with E-state index in [0.29, 0.717) is 0 Å². The zero-order chi connectivity index (χ0) is 16.0. The van der Waals surface area contributed by atoms with Crippen molar-refractivity contribution in [3.8, 4) is 0 Å². The maximum atomic E-state index is 9.75. The molecule has 21 heavy (non-hydrogen) atoms. The van der Waals surface area contributed by atoms with Gasteiger partial charge in [0.1, 0.15) is 6.42 Å². The normalized spacial score (nSPS) is 21.5. The number of hydrogen-bond donors (Lipinski definition) is 0. The van der Waals surface area contributed by atoms with Crippen LogP contribution in [0.2, 0.25) is 0 Å². The van der Waals surface area contributed by atoms with Crippen molar-refractivity contribution < 1.29 is 26.4 Å². The van der Waals surface area contributed by atoms with Crippen LogP contribution in [0.5, 0.6) is 0 Å². The van der Waals surface area contributed by atoms with Gasteiger partial charge in [-0.15, -0.1) is 0 Å². The molecule has 0 aromatic rings. The fourth-order valence-electron chi connectivity index (χ4n) is 2.14. The highest BCUT2D eigenvalue weighted by Gasteiger charge is 2.20. The van der Waals surface area contributed by atoms with E-state index in [-0.39, 0.29) is 0 Å². The van der Waals surface area contributed by atoms with Gasteiger partial charge in [-0.05, 0) is 19.8 Å². The zero-order valence-electron chi connectivity index (χ0n) is 12.9. The molecule has 0 saturated carbocycles. The molecule has 7 heteroatoms. The summed E-state index contributed by atoms with van der Waals surface area (Å²) in [6, 6.07) is 0. The lowest BCUT2D eigenvalue weighted by atomic mass is 10.1. The van der Waals surface area contributed by atoms with Crippen molar-refractivity contribution in [1.29, 1.82) is 0 Å². The van der Waals surface area contributed by atoms with Crippen LogP contribution in [-0.2, 0) is 9.16 Å². The predicted octanol–water partition coefficient (Wildman–Crippen LogP) is 5.30. The highest BCUT2D eigenvalue weighted by atomic mass is 19.5. The SMILES string of the molecule is CCO/C1=[O+]\CCCCCCCCCCC1.F[B-](F)(F)F. The first kappa shape index (κ1) is 20.3. The van der Waals surface area contributed by atoms with Crippen LogP contribution in [0.3, 0.4) is 0 Å². The second-order valence-electron chi connectivity index (χ2n) is 5.08. The molecular weight excluding hydrogens is 287 g/mol. The first-order valence-electron chi connectivity index (χ1n) is 7.92. The third-order valence-electron chi connectivity index (χ3n) is 3.09. The Morgan fingerprint density at radius 2 is 1.29 bits per heavy atom. The lowest BCUT2D eigenvalue weighted by Gasteiger charge is -1.99. The summed E-state index contributed by atoms with van der Waals surface area (Å²) >= 11 is 0. The molecule has 0 aromatic carbocycles. The highest BCUT2D eigenvalue weighted by Crippen LogP contribution is 2.12. The number of rotatable bonds is 1. The van der Waals surface area contributed by atoms with Gasteiger partial charge in [0.2, 0.25) is 0 Å². The Hall–Kier alpha value is -0.745. The second-order valence-corrected chi connectivity index (χ2v) is 5.08. The molecule has 0 unspecified atom stereocenters. The minimum Gasteiger partial charge on any atom is -0.418 e. The third-order valence-corrected chi connectivity index (χ3v) is 3.09. The fourth-order valence-corrected chi connectivity index (χ4v) is 2.14. The number of esters is 1. The van der Waals surface area contributed by atoms with Crippen LogP contribution in [0.15, 0.2) is 0 Å². The molecule has 0 N–H and O–H groups in total. The van der Waals surface area contributed by atoms with Crippen molar-refractivity contribution >= 4 is 13.2 Å². The largest absolute Gasteiger partial charge is 0.673 e. The van der Waals surface area contributed by atoms with Gasteiger partial charge in [0.15, 0.2) is 13.2 Å². The minimum atomic E-state index is -6.00. The van der Waals surface area contributed by atoms with E-state index >= 15 is 0 Å². The van der Waals surface area contributed by atoms with Gasteiger partial charge in [0, 0.05) is 6.42 Å². The lowest BCUT2D eigenvalue weighted by Crippen LogP contribution is -2.09. The van der Waals surface area contributed by atoms with Gasteiger partial charge in [-0.1, -0.05) is 38.5 Å². The molecule has 1 aliphatic rings. The van der Waals surface area contributed by atoms with Crippen molar-refractivity contribution in [2.24, 2.45) is 0 Å². The van der Waals surface area contributed by atoms with Crippen LogP contribution in [0.1, 0.15) is 71.1 Å². The van der Waals surface area contributed by atoms with Gasteiger partial charge in [-0.25, -0.2) is 0 Å². The standard InChI is InChI=1S/C14H27O2.BF4/c1-2-15-14-12-10-8-6-4-3-5-7-9-11-13-16-14;2-1(3,4)5/h2-13H2,1H3;/q+1;-1. The molecule has 1 heterocycles. The van der Waals surface area contributed by atoms with Crippen LogP contribution < -0.4 is 0 Å². The third kappa shape index (κ3) is 19.3. The predicted molar refractivity (Wildman–Crippen MR) is 77.9 cm³/mol. The van der Waals surface area contributed by atoms with E-state index in [2.05, 4.69) is 0 Å². The van der Waals surface area contributed by atoms with Crippen molar-refractivity contribution in [2.75, 3.05) is 13.2 Å². The molecule has 0 bridgehead atoms. The number of halogens is 4. The van der Waals surface area contributed by atoms with E-state index in [9.17, 15) is 17.3 Å². The Labute approximate surface area is 125 Å². The van der Waals surface area contributed by atoms with E-state index in [0.717, 1.165) is 25.6 Å². The molecule has 2 nitrogen and oxygen atoms in total. The topological polar surface area (TPSA) is 20.5 Å².